The number of aryl methyl sites for hydroxylation is 2. The van der Waals surface area contributed by atoms with Crippen molar-refractivity contribution in [2.24, 2.45) is 0 Å². The van der Waals surface area contributed by atoms with Gasteiger partial charge in [0.05, 0.1) is 19.1 Å². The quantitative estimate of drug-likeness (QED) is 0.754. The van der Waals surface area contributed by atoms with E-state index in [0.29, 0.717) is 13.2 Å². The monoisotopic (exact) mass is 248 g/mol. The lowest BCUT2D eigenvalue weighted by molar-refractivity contribution is -0.145. The van der Waals surface area contributed by atoms with Crippen molar-refractivity contribution in [1.82, 2.24) is 0 Å². The van der Waals surface area contributed by atoms with Crippen molar-refractivity contribution >= 4 is 5.97 Å². The van der Waals surface area contributed by atoms with Crippen molar-refractivity contribution in [3.63, 3.8) is 0 Å². The highest BCUT2D eigenvalue weighted by Crippen LogP contribution is 2.38. The second-order valence-corrected chi connectivity index (χ2v) is 4.74. The van der Waals surface area contributed by atoms with Crippen LogP contribution in [-0.4, -0.2) is 19.2 Å². The van der Waals surface area contributed by atoms with Crippen LogP contribution < -0.4 is 4.74 Å². The van der Waals surface area contributed by atoms with Gasteiger partial charge in [0.15, 0.2) is 0 Å². The molecule has 0 N–H and O–H groups in total. The van der Waals surface area contributed by atoms with Gasteiger partial charge in [-0.3, -0.25) is 4.79 Å². The number of hydrogen-bond donors (Lipinski definition) is 0. The summed E-state index contributed by atoms with van der Waals surface area (Å²) < 4.78 is 11.0. The normalized spacial score (nSPS) is 18.5. The van der Waals surface area contributed by atoms with Gasteiger partial charge in [-0.05, 0) is 44.7 Å². The van der Waals surface area contributed by atoms with Crippen LogP contribution in [0.2, 0.25) is 0 Å². The second-order valence-electron chi connectivity index (χ2n) is 4.74. The van der Waals surface area contributed by atoms with Crippen LogP contribution in [0.5, 0.6) is 5.75 Å². The molecule has 0 radical (unpaired) electrons. The molecule has 0 saturated carbocycles. The van der Waals surface area contributed by atoms with Crippen LogP contribution >= 0.6 is 0 Å². The summed E-state index contributed by atoms with van der Waals surface area (Å²) >= 11 is 0. The zero-order valence-corrected chi connectivity index (χ0v) is 11.3. The van der Waals surface area contributed by atoms with E-state index in [9.17, 15) is 4.79 Å². The SMILES string of the molecule is CCOC(=O)C1CCCOc2c(C)ccc(C)c21. The van der Waals surface area contributed by atoms with Crippen molar-refractivity contribution in [1.29, 1.82) is 0 Å². The molecule has 0 amide bonds. The Bertz CT molecular complexity index is 451. The molecule has 0 bridgehead atoms. The van der Waals surface area contributed by atoms with Gasteiger partial charge in [0.25, 0.3) is 0 Å². The molecule has 3 heteroatoms. The number of rotatable bonds is 2. The molecule has 1 unspecified atom stereocenters. The molecular weight excluding hydrogens is 228 g/mol. The van der Waals surface area contributed by atoms with Crippen LogP contribution in [0.4, 0.5) is 0 Å². The summed E-state index contributed by atoms with van der Waals surface area (Å²) in [7, 11) is 0. The first-order chi connectivity index (χ1) is 8.65. The van der Waals surface area contributed by atoms with Crippen molar-refractivity contribution in [2.75, 3.05) is 13.2 Å². The molecule has 1 aromatic carbocycles. The van der Waals surface area contributed by atoms with E-state index in [-0.39, 0.29) is 11.9 Å². The molecular formula is C15H20O3. The smallest absolute Gasteiger partial charge is 0.313 e. The molecule has 1 heterocycles. The van der Waals surface area contributed by atoms with Gasteiger partial charge in [-0.1, -0.05) is 12.1 Å². The van der Waals surface area contributed by atoms with Crippen LogP contribution in [0.15, 0.2) is 12.1 Å². The average Bonchev–Trinajstić information content (AvgIpc) is 2.57. The molecule has 1 aliphatic rings. The second kappa shape index (κ2) is 5.42. The summed E-state index contributed by atoms with van der Waals surface area (Å²) in [6.07, 6.45) is 1.69. The van der Waals surface area contributed by atoms with E-state index in [1.807, 2.05) is 26.8 Å². The lowest BCUT2D eigenvalue weighted by Gasteiger charge is -2.19. The van der Waals surface area contributed by atoms with Gasteiger partial charge in [0, 0.05) is 5.56 Å². The van der Waals surface area contributed by atoms with Gasteiger partial charge < -0.3 is 9.47 Å². The fraction of sp³-hybridized carbons (Fsp3) is 0.533. The Morgan fingerprint density at radius 2 is 2.11 bits per heavy atom. The maximum absolute atomic E-state index is 12.1. The first kappa shape index (κ1) is 12.9. The van der Waals surface area contributed by atoms with E-state index in [2.05, 4.69) is 6.07 Å². The summed E-state index contributed by atoms with van der Waals surface area (Å²) in [6, 6.07) is 4.09. The number of carbonyl (C=O) groups is 1. The van der Waals surface area contributed by atoms with Gasteiger partial charge in [0.1, 0.15) is 5.75 Å². The summed E-state index contributed by atoms with van der Waals surface area (Å²) in [5.74, 6) is 0.575. The molecule has 0 saturated heterocycles. The van der Waals surface area contributed by atoms with E-state index in [1.165, 1.54) is 0 Å². The van der Waals surface area contributed by atoms with Gasteiger partial charge >= 0.3 is 5.97 Å². The van der Waals surface area contributed by atoms with E-state index < -0.39 is 0 Å². The number of fused-ring (bicyclic) bond motifs is 1. The van der Waals surface area contributed by atoms with Gasteiger partial charge in [-0.2, -0.15) is 0 Å². The minimum atomic E-state index is -0.178. The topological polar surface area (TPSA) is 35.5 Å². The molecule has 0 fully saturated rings. The van der Waals surface area contributed by atoms with Crippen molar-refractivity contribution in [3.05, 3.63) is 28.8 Å². The Hall–Kier alpha value is -1.51. The minimum Gasteiger partial charge on any atom is -0.493 e. The predicted octanol–water partition coefficient (Wildman–Crippen LogP) is 3.12. The maximum atomic E-state index is 12.1. The molecule has 0 aromatic heterocycles. The summed E-state index contributed by atoms with van der Waals surface area (Å²) in [6.45, 7) is 6.99. The van der Waals surface area contributed by atoms with E-state index in [1.54, 1.807) is 0 Å². The van der Waals surface area contributed by atoms with Crippen LogP contribution in [0.3, 0.4) is 0 Å². The Morgan fingerprint density at radius 3 is 2.83 bits per heavy atom. The zero-order valence-electron chi connectivity index (χ0n) is 11.3. The highest BCUT2D eigenvalue weighted by molar-refractivity contribution is 5.80. The molecule has 1 aromatic rings. The van der Waals surface area contributed by atoms with Crippen LogP contribution in [0, 0.1) is 13.8 Å². The van der Waals surface area contributed by atoms with Crippen LogP contribution in [0.25, 0.3) is 0 Å². The maximum Gasteiger partial charge on any atom is 0.313 e. The molecule has 18 heavy (non-hydrogen) atoms. The van der Waals surface area contributed by atoms with Crippen molar-refractivity contribution < 1.29 is 14.3 Å². The number of carbonyl (C=O) groups excluding carboxylic acids is 1. The Kier molecular flexibility index (Phi) is 3.90. The first-order valence-electron chi connectivity index (χ1n) is 6.54. The van der Waals surface area contributed by atoms with Crippen molar-refractivity contribution in [3.8, 4) is 5.75 Å². The summed E-state index contributed by atoms with van der Waals surface area (Å²) in [4.78, 5) is 12.1. The fourth-order valence-corrected chi connectivity index (χ4v) is 2.52. The molecule has 2 rings (SSSR count). The first-order valence-corrected chi connectivity index (χ1v) is 6.54. The summed E-state index contributed by atoms with van der Waals surface area (Å²) in [5.41, 5.74) is 3.22. The lowest BCUT2D eigenvalue weighted by atomic mass is 9.89. The van der Waals surface area contributed by atoms with Crippen molar-refractivity contribution in [2.45, 2.75) is 39.5 Å². The molecule has 0 spiro atoms. The lowest BCUT2D eigenvalue weighted by Crippen LogP contribution is -2.16. The summed E-state index contributed by atoms with van der Waals surface area (Å²) in [5, 5.41) is 0. The third-order valence-corrected chi connectivity index (χ3v) is 3.41. The zero-order chi connectivity index (χ0) is 13.1. The standard InChI is InChI=1S/C15H20O3/c1-4-17-15(16)12-6-5-9-18-14-11(3)8-7-10(2)13(12)14/h7-8,12H,4-6,9H2,1-3H3. The molecule has 1 atom stereocenters. The molecule has 3 nitrogen and oxygen atoms in total. The largest absolute Gasteiger partial charge is 0.493 e. The van der Waals surface area contributed by atoms with E-state index in [4.69, 9.17) is 9.47 Å². The average molecular weight is 248 g/mol. The van der Waals surface area contributed by atoms with E-state index in [0.717, 1.165) is 35.3 Å². The van der Waals surface area contributed by atoms with Gasteiger partial charge in [-0.25, -0.2) is 0 Å². The Labute approximate surface area is 108 Å². The number of esters is 1. The van der Waals surface area contributed by atoms with Crippen LogP contribution in [0.1, 0.15) is 42.4 Å². The van der Waals surface area contributed by atoms with Crippen LogP contribution in [-0.2, 0) is 9.53 Å². The number of benzene rings is 1. The molecule has 0 aliphatic carbocycles. The third kappa shape index (κ3) is 2.35. The Balaban J connectivity index is 2.46. The van der Waals surface area contributed by atoms with E-state index >= 15 is 0 Å². The molecule has 98 valence electrons. The highest BCUT2D eigenvalue weighted by Gasteiger charge is 2.29. The van der Waals surface area contributed by atoms with Gasteiger partial charge in [-0.15, -0.1) is 0 Å². The Morgan fingerprint density at radius 1 is 1.39 bits per heavy atom. The predicted molar refractivity (Wildman–Crippen MR) is 70.0 cm³/mol. The fourth-order valence-electron chi connectivity index (χ4n) is 2.52. The molecule has 1 aliphatic heterocycles. The minimum absolute atomic E-state index is 0.127. The highest BCUT2D eigenvalue weighted by atomic mass is 16.5. The third-order valence-electron chi connectivity index (χ3n) is 3.41. The van der Waals surface area contributed by atoms with Gasteiger partial charge in [0.2, 0.25) is 0 Å². The number of hydrogen-bond acceptors (Lipinski definition) is 3. The number of ether oxygens (including phenoxy) is 2.